The predicted molar refractivity (Wildman–Crippen MR) is 59.5 cm³/mol. The molecule has 5 nitrogen and oxygen atoms in total. The molecule has 0 bridgehead atoms. The number of hydrogen-bond acceptors (Lipinski definition) is 5. The normalized spacial score (nSPS) is 27.1. The van der Waals surface area contributed by atoms with Crippen molar-refractivity contribution in [2.45, 2.75) is 13.3 Å². The number of likely N-dealkylation sites (tertiary alicyclic amines) is 1. The van der Waals surface area contributed by atoms with Crippen molar-refractivity contribution < 1.29 is 10.0 Å². The first-order valence-electron chi connectivity index (χ1n) is 5.47. The van der Waals surface area contributed by atoms with Crippen molar-refractivity contribution in [1.82, 2.24) is 9.96 Å². The number of Topliss-reactive ketones (excluding diaryl/α,β-unsaturated/α-hetero) is 1. The lowest BCUT2D eigenvalue weighted by molar-refractivity contribution is -0.135. The van der Waals surface area contributed by atoms with E-state index < -0.39 is 0 Å². The van der Waals surface area contributed by atoms with Gasteiger partial charge in [-0.1, -0.05) is 0 Å². The Hall–Kier alpha value is -1.20. The number of ketones is 1. The molecular formula is C11H17N3O2. The van der Waals surface area contributed by atoms with Gasteiger partial charge in [-0.25, -0.2) is 5.06 Å². The van der Waals surface area contributed by atoms with Crippen LogP contribution in [-0.2, 0) is 4.79 Å². The van der Waals surface area contributed by atoms with Crippen LogP contribution in [0.1, 0.15) is 13.3 Å². The van der Waals surface area contributed by atoms with E-state index in [-0.39, 0.29) is 18.2 Å². The molecule has 0 amide bonds. The largest absolute Gasteiger partial charge is 0.305 e. The second-order valence-electron chi connectivity index (χ2n) is 4.59. The fourth-order valence-corrected chi connectivity index (χ4v) is 2.52. The zero-order valence-corrected chi connectivity index (χ0v) is 9.66. The minimum Gasteiger partial charge on any atom is -0.305 e. The van der Waals surface area contributed by atoms with Crippen LogP contribution in [0, 0.1) is 11.3 Å². The highest BCUT2D eigenvalue weighted by Crippen LogP contribution is 2.31. The summed E-state index contributed by atoms with van der Waals surface area (Å²) in [5.74, 6) is -0.0773. The van der Waals surface area contributed by atoms with Crippen molar-refractivity contribution in [2.75, 3.05) is 26.7 Å². The van der Waals surface area contributed by atoms with Crippen LogP contribution in [0.5, 0.6) is 0 Å². The van der Waals surface area contributed by atoms with E-state index in [1.165, 1.54) is 0 Å². The molecule has 1 saturated heterocycles. The quantitative estimate of drug-likeness (QED) is 0.635. The Bertz CT molecular complexity index is 375. The molecule has 5 heteroatoms. The van der Waals surface area contributed by atoms with E-state index in [1.807, 2.05) is 7.05 Å². The van der Waals surface area contributed by atoms with Crippen LogP contribution >= 0.6 is 0 Å². The number of allylic oxidation sites excluding steroid dienone is 1. The Kier molecular flexibility index (Phi) is 2.82. The number of nitrogens with one attached hydrogen (secondary N) is 1. The SMILES string of the molecule is CC(=N)C1=C2CCN(C)CC2C(=O)CN1O. The van der Waals surface area contributed by atoms with Crippen molar-refractivity contribution in [3.8, 4) is 0 Å². The number of hydrogen-bond donors (Lipinski definition) is 2. The van der Waals surface area contributed by atoms with Crippen molar-refractivity contribution in [3.05, 3.63) is 11.3 Å². The number of rotatable bonds is 1. The second-order valence-corrected chi connectivity index (χ2v) is 4.59. The molecule has 1 unspecified atom stereocenters. The zero-order chi connectivity index (χ0) is 11.9. The number of piperidine rings is 1. The van der Waals surface area contributed by atoms with E-state index in [9.17, 15) is 10.0 Å². The lowest BCUT2D eigenvalue weighted by atomic mass is 9.83. The number of carbonyl (C=O) groups excluding carboxylic acids is 1. The van der Waals surface area contributed by atoms with Crippen LogP contribution in [0.4, 0.5) is 0 Å². The number of nitrogens with zero attached hydrogens (tertiary/aromatic N) is 2. The van der Waals surface area contributed by atoms with Crippen molar-refractivity contribution >= 4 is 11.5 Å². The molecule has 2 N–H and O–H groups in total. The Morgan fingerprint density at radius 3 is 2.88 bits per heavy atom. The Balaban J connectivity index is 2.42. The minimum atomic E-state index is -0.127. The van der Waals surface area contributed by atoms with Crippen LogP contribution in [0.15, 0.2) is 11.3 Å². The van der Waals surface area contributed by atoms with Gasteiger partial charge in [0.25, 0.3) is 0 Å². The van der Waals surface area contributed by atoms with Gasteiger partial charge in [0, 0.05) is 13.1 Å². The molecule has 0 aromatic heterocycles. The van der Waals surface area contributed by atoms with E-state index in [1.54, 1.807) is 6.92 Å². The van der Waals surface area contributed by atoms with Gasteiger partial charge in [0.2, 0.25) is 0 Å². The average molecular weight is 223 g/mol. The van der Waals surface area contributed by atoms with Gasteiger partial charge in [-0.05, 0) is 26.0 Å². The average Bonchev–Trinajstić information content (AvgIpc) is 2.18. The Morgan fingerprint density at radius 2 is 2.25 bits per heavy atom. The summed E-state index contributed by atoms with van der Waals surface area (Å²) in [6.45, 7) is 3.24. The van der Waals surface area contributed by atoms with Gasteiger partial charge in [0.1, 0.15) is 6.54 Å². The summed E-state index contributed by atoms with van der Waals surface area (Å²) in [4.78, 5) is 13.9. The highest BCUT2D eigenvalue weighted by molar-refractivity contribution is 6.00. The lowest BCUT2D eigenvalue weighted by Crippen LogP contribution is -2.47. The summed E-state index contributed by atoms with van der Waals surface area (Å²) in [6, 6.07) is 0. The third-order valence-electron chi connectivity index (χ3n) is 3.29. The van der Waals surface area contributed by atoms with Gasteiger partial charge < -0.3 is 10.3 Å². The molecule has 0 aromatic carbocycles. The summed E-state index contributed by atoms with van der Waals surface area (Å²) < 4.78 is 0. The van der Waals surface area contributed by atoms with Crippen LogP contribution in [0.25, 0.3) is 0 Å². The van der Waals surface area contributed by atoms with E-state index >= 15 is 0 Å². The van der Waals surface area contributed by atoms with Gasteiger partial charge in [-0.2, -0.15) is 0 Å². The third kappa shape index (κ3) is 1.76. The fraction of sp³-hybridized carbons (Fsp3) is 0.636. The number of carbonyl (C=O) groups is 1. The molecule has 0 saturated carbocycles. The number of hydroxylamine groups is 2. The summed E-state index contributed by atoms with van der Waals surface area (Å²) >= 11 is 0. The van der Waals surface area contributed by atoms with Gasteiger partial charge in [-0.15, -0.1) is 0 Å². The van der Waals surface area contributed by atoms with E-state index in [4.69, 9.17) is 5.41 Å². The molecule has 2 heterocycles. The first-order valence-corrected chi connectivity index (χ1v) is 5.47. The van der Waals surface area contributed by atoms with Crippen LogP contribution in [0.2, 0.25) is 0 Å². The van der Waals surface area contributed by atoms with Crippen molar-refractivity contribution in [1.29, 1.82) is 5.41 Å². The van der Waals surface area contributed by atoms with E-state index in [0.717, 1.165) is 23.6 Å². The van der Waals surface area contributed by atoms with Crippen LogP contribution in [-0.4, -0.2) is 53.3 Å². The fourth-order valence-electron chi connectivity index (χ4n) is 2.52. The minimum absolute atomic E-state index is 0.00750. The van der Waals surface area contributed by atoms with E-state index in [0.29, 0.717) is 18.0 Å². The van der Waals surface area contributed by atoms with Crippen LogP contribution in [0.3, 0.4) is 0 Å². The highest BCUT2D eigenvalue weighted by atomic mass is 16.5. The molecule has 2 aliphatic heterocycles. The van der Waals surface area contributed by atoms with E-state index in [2.05, 4.69) is 4.90 Å². The van der Waals surface area contributed by atoms with Gasteiger partial charge in [-0.3, -0.25) is 10.0 Å². The maximum absolute atomic E-state index is 11.8. The van der Waals surface area contributed by atoms with Gasteiger partial charge in [0.15, 0.2) is 5.78 Å². The van der Waals surface area contributed by atoms with Crippen molar-refractivity contribution in [2.24, 2.45) is 5.92 Å². The topological polar surface area (TPSA) is 67.6 Å². The molecule has 1 fully saturated rings. The zero-order valence-electron chi connectivity index (χ0n) is 9.66. The molecule has 16 heavy (non-hydrogen) atoms. The summed E-state index contributed by atoms with van der Waals surface area (Å²) in [7, 11) is 1.99. The smallest absolute Gasteiger partial charge is 0.163 e. The molecule has 0 radical (unpaired) electrons. The summed E-state index contributed by atoms with van der Waals surface area (Å²) in [5, 5.41) is 18.3. The molecule has 0 spiro atoms. The maximum atomic E-state index is 11.8. The molecule has 0 aromatic rings. The molecule has 2 aliphatic rings. The highest BCUT2D eigenvalue weighted by Gasteiger charge is 2.37. The van der Waals surface area contributed by atoms with Gasteiger partial charge in [0.05, 0.1) is 17.3 Å². The standard InChI is InChI=1S/C11H17N3O2/c1-7(12)11-8-3-4-13(2)5-9(8)10(15)6-14(11)16/h9,12,16H,3-6H2,1-2H3. The monoisotopic (exact) mass is 223 g/mol. The molecule has 88 valence electrons. The molecule has 2 rings (SSSR count). The third-order valence-corrected chi connectivity index (χ3v) is 3.29. The Morgan fingerprint density at radius 1 is 1.56 bits per heavy atom. The van der Waals surface area contributed by atoms with Crippen molar-refractivity contribution in [3.63, 3.8) is 0 Å². The number of fused-ring (bicyclic) bond motifs is 1. The first kappa shape index (κ1) is 11.3. The summed E-state index contributed by atoms with van der Waals surface area (Å²) in [6.07, 6.45) is 0.759. The maximum Gasteiger partial charge on any atom is 0.163 e. The molecule has 0 aliphatic carbocycles. The molecule has 1 atom stereocenters. The second kappa shape index (κ2) is 3.99. The van der Waals surface area contributed by atoms with Gasteiger partial charge >= 0.3 is 0 Å². The molecular weight excluding hydrogens is 206 g/mol. The predicted octanol–water partition coefficient (Wildman–Crippen LogP) is 0.506. The van der Waals surface area contributed by atoms with Crippen LogP contribution < -0.4 is 0 Å². The lowest BCUT2D eigenvalue weighted by Gasteiger charge is -2.38. The summed E-state index contributed by atoms with van der Waals surface area (Å²) in [5.41, 5.74) is 1.82. The first-order chi connectivity index (χ1) is 7.50. The Labute approximate surface area is 94.8 Å².